The molecule has 184 valence electrons. The van der Waals surface area contributed by atoms with Gasteiger partial charge in [-0.25, -0.2) is 0 Å². The predicted octanol–water partition coefficient (Wildman–Crippen LogP) is 7.56. The molecule has 0 saturated carbocycles. The molecule has 0 aliphatic heterocycles. The molecule has 4 aromatic carbocycles. The van der Waals surface area contributed by atoms with Crippen LogP contribution in [0.25, 0.3) is 0 Å². The Morgan fingerprint density at radius 2 is 0.737 bits per heavy atom. The van der Waals surface area contributed by atoms with E-state index in [1.165, 1.54) is 22.7 Å². The average molecular weight is 533 g/mol. The summed E-state index contributed by atoms with van der Waals surface area (Å²) < 4.78 is 0. The Morgan fingerprint density at radius 1 is 0.447 bits per heavy atom. The molecule has 0 bridgehead atoms. The van der Waals surface area contributed by atoms with E-state index in [0.717, 1.165) is 22.7 Å². The van der Waals surface area contributed by atoms with Gasteiger partial charge in [0, 0.05) is 22.7 Å². The van der Waals surface area contributed by atoms with Crippen LogP contribution in [0.1, 0.15) is 14.8 Å². The van der Waals surface area contributed by atoms with Crippen LogP contribution in [0.2, 0.25) is 0 Å². The van der Waals surface area contributed by atoms with Crippen LogP contribution in [0.5, 0.6) is 0 Å². The summed E-state index contributed by atoms with van der Waals surface area (Å²) in [6.07, 6.45) is 0. The van der Waals surface area contributed by atoms with Gasteiger partial charge in [0.15, 0.2) is 10.0 Å². The summed E-state index contributed by atoms with van der Waals surface area (Å²) in [6, 6.07) is 39.5. The fraction of sp³-hybridized carbons (Fsp3) is 0. The number of aromatic nitrogens is 4. The second-order valence-electron chi connectivity index (χ2n) is 8.12. The van der Waals surface area contributed by atoms with Gasteiger partial charge < -0.3 is 0 Å². The number of rotatable bonds is 8. The second-order valence-corrected chi connectivity index (χ2v) is 10.0. The topological polar surface area (TPSA) is 75.1 Å². The molecule has 0 aliphatic rings. The third-order valence-corrected chi connectivity index (χ3v) is 7.47. The van der Waals surface area contributed by atoms with E-state index in [4.69, 9.17) is 0 Å². The van der Waals surface area contributed by atoms with Gasteiger partial charge in [-0.3, -0.25) is 14.6 Å². The molecule has 6 aromatic rings. The van der Waals surface area contributed by atoms with Crippen LogP contribution in [0, 0.1) is 0 Å². The Hall–Kier alpha value is -4.73. The molecule has 0 N–H and O–H groups in total. The van der Waals surface area contributed by atoms with E-state index in [1.54, 1.807) is 0 Å². The van der Waals surface area contributed by atoms with Crippen molar-refractivity contribution in [3.8, 4) is 0 Å². The summed E-state index contributed by atoms with van der Waals surface area (Å²) in [4.78, 5) is 17.4. The summed E-state index contributed by atoms with van der Waals surface area (Å²) in [7, 11) is 0. The molecule has 7 nitrogen and oxygen atoms in total. The lowest BCUT2D eigenvalue weighted by molar-refractivity contribution is 0.103. The van der Waals surface area contributed by atoms with Crippen molar-refractivity contribution in [2.24, 2.45) is 0 Å². The Kier molecular flexibility index (Phi) is 6.67. The summed E-state index contributed by atoms with van der Waals surface area (Å²) in [6.45, 7) is 0. The van der Waals surface area contributed by atoms with Crippen molar-refractivity contribution in [2.45, 2.75) is 0 Å². The summed E-state index contributed by atoms with van der Waals surface area (Å²) in [5.41, 5.74) is 3.70. The number of carbonyl (C=O) groups excluding carboxylic acids is 1. The lowest BCUT2D eigenvalue weighted by Gasteiger charge is -2.21. The SMILES string of the molecule is O=C(c1nnc(N(c2ccccc2)c2ccccc2)s1)c1nnc(N(c2ccccc2)c2ccccc2)s1. The largest absolute Gasteiger partial charge is 0.285 e. The molecule has 0 atom stereocenters. The van der Waals surface area contributed by atoms with E-state index in [9.17, 15) is 4.79 Å². The van der Waals surface area contributed by atoms with Gasteiger partial charge >= 0.3 is 0 Å². The highest BCUT2D eigenvalue weighted by molar-refractivity contribution is 7.20. The first kappa shape index (κ1) is 23.7. The average Bonchev–Trinajstić information content (AvgIpc) is 3.66. The molecular weight excluding hydrogens is 512 g/mol. The maximum Gasteiger partial charge on any atom is 0.254 e. The first-order valence-electron chi connectivity index (χ1n) is 11.8. The van der Waals surface area contributed by atoms with Gasteiger partial charge in [0.05, 0.1) is 0 Å². The molecule has 0 saturated heterocycles. The van der Waals surface area contributed by atoms with Gasteiger partial charge in [-0.05, 0) is 48.5 Å². The van der Waals surface area contributed by atoms with E-state index >= 15 is 0 Å². The van der Waals surface area contributed by atoms with Crippen molar-refractivity contribution in [2.75, 3.05) is 9.80 Å². The van der Waals surface area contributed by atoms with E-state index in [-0.39, 0.29) is 15.8 Å². The van der Waals surface area contributed by atoms with Gasteiger partial charge in [0.1, 0.15) is 0 Å². The van der Waals surface area contributed by atoms with Crippen LogP contribution in [0.4, 0.5) is 33.0 Å². The zero-order valence-electron chi connectivity index (χ0n) is 20.0. The van der Waals surface area contributed by atoms with Crippen molar-refractivity contribution >= 4 is 61.5 Å². The first-order valence-corrected chi connectivity index (χ1v) is 13.4. The number of ketones is 1. The fourth-order valence-corrected chi connectivity index (χ4v) is 5.65. The Morgan fingerprint density at radius 3 is 1.03 bits per heavy atom. The number of nitrogens with zero attached hydrogens (tertiary/aromatic N) is 6. The summed E-state index contributed by atoms with van der Waals surface area (Å²) in [5, 5.41) is 18.9. The van der Waals surface area contributed by atoms with Crippen molar-refractivity contribution < 1.29 is 4.79 Å². The smallest absolute Gasteiger partial charge is 0.254 e. The van der Waals surface area contributed by atoms with Crippen molar-refractivity contribution in [1.82, 2.24) is 20.4 Å². The quantitative estimate of drug-likeness (QED) is 0.187. The van der Waals surface area contributed by atoms with Gasteiger partial charge in [-0.2, -0.15) is 0 Å². The number of carbonyl (C=O) groups is 1. The third kappa shape index (κ3) is 4.80. The number of anilines is 6. The standard InChI is InChI=1S/C29H20N6OS2/c36-25(26-30-32-28(37-26)34(21-13-5-1-6-14-21)22-15-7-2-8-16-22)27-31-33-29(38-27)35(23-17-9-3-10-18-23)24-19-11-4-12-20-24/h1-20H. The number of hydrogen-bond acceptors (Lipinski definition) is 9. The van der Waals surface area contributed by atoms with Gasteiger partial charge in [-0.1, -0.05) is 95.5 Å². The van der Waals surface area contributed by atoms with Gasteiger partial charge in [0.2, 0.25) is 10.3 Å². The lowest BCUT2D eigenvalue weighted by Crippen LogP contribution is -2.09. The monoisotopic (exact) mass is 532 g/mol. The molecule has 6 rings (SSSR count). The fourth-order valence-electron chi connectivity index (χ4n) is 3.93. The highest BCUT2D eigenvalue weighted by Crippen LogP contribution is 2.38. The molecule has 0 unspecified atom stereocenters. The van der Waals surface area contributed by atoms with Crippen LogP contribution in [-0.4, -0.2) is 26.2 Å². The number of para-hydroxylation sites is 4. The van der Waals surface area contributed by atoms with Crippen LogP contribution in [0.15, 0.2) is 121 Å². The molecule has 0 aliphatic carbocycles. The number of benzene rings is 4. The van der Waals surface area contributed by atoms with E-state index in [2.05, 4.69) is 20.4 Å². The van der Waals surface area contributed by atoms with Crippen LogP contribution in [-0.2, 0) is 0 Å². The van der Waals surface area contributed by atoms with Gasteiger partial charge in [0.25, 0.3) is 5.78 Å². The van der Waals surface area contributed by atoms with Crippen molar-refractivity contribution in [3.63, 3.8) is 0 Å². The molecule has 0 fully saturated rings. The highest BCUT2D eigenvalue weighted by Gasteiger charge is 2.25. The van der Waals surface area contributed by atoms with Crippen molar-refractivity contribution in [1.29, 1.82) is 0 Å². The van der Waals surface area contributed by atoms with E-state index in [0.29, 0.717) is 10.3 Å². The number of hydrogen-bond donors (Lipinski definition) is 0. The third-order valence-electron chi connectivity index (χ3n) is 5.66. The summed E-state index contributed by atoms with van der Waals surface area (Å²) >= 11 is 2.45. The normalized spacial score (nSPS) is 10.7. The van der Waals surface area contributed by atoms with Crippen LogP contribution >= 0.6 is 22.7 Å². The Bertz CT molecular complexity index is 1440. The zero-order valence-corrected chi connectivity index (χ0v) is 21.6. The molecule has 2 heterocycles. The maximum atomic E-state index is 13.4. The molecule has 9 heteroatoms. The van der Waals surface area contributed by atoms with E-state index < -0.39 is 0 Å². The molecule has 0 spiro atoms. The molecule has 2 aromatic heterocycles. The highest BCUT2D eigenvalue weighted by atomic mass is 32.1. The van der Waals surface area contributed by atoms with Crippen molar-refractivity contribution in [3.05, 3.63) is 131 Å². The second kappa shape index (κ2) is 10.7. The van der Waals surface area contributed by atoms with Gasteiger partial charge in [-0.15, -0.1) is 20.4 Å². The lowest BCUT2D eigenvalue weighted by atomic mass is 10.2. The minimum Gasteiger partial charge on any atom is -0.285 e. The predicted molar refractivity (Wildman–Crippen MR) is 153 cm³/mol. The van der Waals surface area contributed by atoms with Crippen LogP contribution < -0.4 is 9.80 Å². The summed E-state index contributed by atoms with van der Waals surface area (Å²) in [5.74, 6) is -0.306. The Balaban J connectivity index is 1.33. The zero-order chi connectivity index (χ0) is 25.7. The Labute approximate surface area is 227 Å². The van der Waals surface area contributed by atoms with Crippen LogP contribution in [0.3, 0.4) is 0 Å². The maximum absolute atomic E-state index is 13.4. The molecule has 38 heavy (non-hydrogen) atoms. The minimum atomic E-state index is -0.306. The van der Waals surface area contributed by atoms with E-state index in [1.807, 2.05) is 131 Å². The minimum absolute atomic E-state index is 0.255. The first-order chi connectivity index (χ1) is 18.8. The molecule has 0 radical (unpaired) electrons. The molecular formula is C29H20N6OS2. The molecule has 0 amide bonds.